The van der Waals surface area contributed by atoms with Crippen LogP contribution in [0.25, 0.3) is 11.4 Å². The smallest absolute Gasteiger partial charge is 0.319 e. The first kappa shape index (κ1) is 25.1. The first-order valence-electron chi connectivity index (χ1n) is 12.9. The maximum absolute atomic E-state index is 13.4. The summed E-state index contributed by atoms with van der Waals surface area (Å²) in [5.41, 5.74) is 4.90. The molecule has 194 valence electrons. The number of amides is 2. The summed E-state index contributed by atoms with van der Waals surface area (Å²) in [5.74, 6) is 1.43. The number of halogens is 1. The summed E-state index contributed by atoms with van der Waals surface area (Å²) in [6.45, 7) is 9.07. The zero-order chi connectivity index (χ0) is 25.8. The number of urea groups is 1. The average molecular weight is 505 g/mol. The van der Waals surface area contributed by atoms with Crippen LogP contribution in [0.5, 0.6) is 0 Å². The summed E-state index contributed by atoms with van der Waals surface area (Å²) in [6, 6.07) is 14.3. The zero-order valence-corrected chi connectivity index (χ0v) is 21.3. The minimum atomic E-state index is -0.231. The van der Waals surface area contributed by atoms with Crippen molar-refractivity contribution in [3.05, 3.63) is 71.2 Å². The summed E-state index contributed by atoms with van der Waals surface area (Å²) in [5, 5.41) is 5.56. The largest absolute Gasteiger partial charge is 0.377 e. The van der Waals surface area contributed by atoms with Crippen LogP contribution in [0.4, 0.5) is 20.7 Å². The van der Waals surface area contributed by atoms with Crippen molar-refractivity contribution in [2.75, 3.05) is 43.1 Å². The van der Waals surface area contributed by atoms with Crippen LogP contribution in [0.15, 0.2) is 48.5 Å². The molecule has 0 saturated carbocycles. The fraction of sp³-hybridized carbons (Fsp3) is 0.393. The van der Waals surface area contributed by atoms with Crippen molar-refractivity contribution in [2.24, 2.45) is 0 Å². The van der Waals surface area contributed by atoms with Crippen LogP contribution in [0.2, 0.25) is 0 Å². The fourth-order valence-corrected chi connectivity index (χ4v) is 4.89. The van der Waals surface area contributed by atoms with E-state index in [9.17, 15) is 9.18 Å². The number of nitrogens with one attached hydrogen (secondary N) is 2. The molecule has 2 amide bonds. The number of morpholine rings is 1. The number of rotatable bonds is 6. The van der Waals surface area contributed by atoms with E-state index in [1.807, 2.05) is 43.3 Å². The maximum Gasteiger partial charge on any atom is 0.319 e. The van der Waals surface area contributed by atoms with Crippen LogP contribution in [-0.2, 0) is 24.2 Å². The molecule has 1 fully saturated rings. The first-order chi connectivity index (χ1) is 18.0. The third kappa shape index (κ3) is 5.89. The molecule has 0 unspecified atom stereocenters. The van der Waals surface area contributed by atoms with Gasteiger partial charge in [-0.25, -0.2) is 19.2 Å². The van der Waals surface area contributed by atoms with Crippen molar-refractivity contribution in [2.45, 2.75) is 39.4 Å². The molecule has 0 radical (unpaired) electrons. The molecule has 2 aliphatic heterocycles. The highest BCUT2D eigenvalue weighted by Gasteiger charge is 2.29. The highest BCUT2D eigenvalue weighted by atomic mass is 19.1. The molecule has 3 aromatic rings. The highest BCUT2D eigenvalue weighted by molar-refractivity contribution is 5.89. The minimum Gasteiger partial charge on any atom is -0.377 e. The van der Waals surface area contributed by atoms with Gasteiger partial charge in [0.05, 0.1) is 24.9 Å². The Morgan fingerprint density at radius 3 is 2.62 bits per heavy atom. The van der Waals surface area contributed by atoms with Crippen molar-refractivity contribution in [1.29, 1.82) is 0 Å². The SMILES string of the molecule is CCNC(=O)Nc1ccc(-c2nc3c(c(N4CCOC[C@@H]4C)n2)CCN(Cc2ccc(F)cc2)C3)cc1. The highest BCUT2D eigenvalue weighted by Crippen LogP contribution is 2.32. The second-order valence-electron chi connectivity index (χ2n) is 9.56. The number of aromatic nitrogens is 2. The van der Waals surface area contributed by atoms with Gasteiger partial charge in [-0.3, -0.25) is 4.90 Å². The van der Waals surface area contributed by atoms with Gasteiger partial charge in [0.25, 0.3) is 0 Å². The Balaban J connectivity index is 1.44. The lowest BCUT2D eigenvalue weighted by Gasteiger charge is -2.38. The molecule has 3 heterocycles. The molecule has 5 rings (SSSR count). The molecule has 2 aromatic carbocycles. The number of nitrogens with zero attached hydrogens (tertiary/aromatic N) is 4. The molecule has 8 nitrogen and oxygen atoms in total. The molecule has 0 spiro atoms. The lowest BCUT2D eigenvalue weighted by molar-refractivity contribution is 0.0983. The molecule has 1 saturated heterocycles. The van der Waals surface area contributed by atoms with E-state index in [-0.39, 0.29) is 17.9 Å². The predicted molar refractivity (Wildman–Crippen MR) is 142 cm³/mol. The van der Waals surface area contributed by atoms with Gasteiger partial charge in [-0.1, -0.05) is 12.1 Å². The van der Waals surface area contributed by atoms with Crippen molar-refractivity contribution in [3.63, 3.8) is 0 Å². The molecule has 9 heteroatoms. The lowest BCUT2D eigenvalue weighted by Crippen LogP contribution is -2.45. The molecule has 0 bridgehead atoms. The Morgan fingerprint density at radius 1 is 1.11 bits per heavy atom. The average Bonchev–Trinajstić information content (AvgIpc) is 2.90. The summed E-state index contributed by atoms with van der Waals surface area (Å²) in [4.78, 5) is 26.6. The Labute approximate surface area is 216 Å². The van der Waals surface area contributed by atoms with Gasteiger partial charge >= 0.3 is 6.03 Å². The van der Waals surface area contributed by atoms with E-state index in [0.29, 0.717) is 37.8 Å². The third-order valence-electron chi connectivity index (χ3n) is 6.82. The van der Waals surface area contributed by atoms with Gasteiger partial charge in [0, 0.05) is 49.5 Å². The number of ether oxygens (including phenoxy) is 1. The summed E-state index contributed by atoms with van der Waals surface area (Å²) >= 11 is 0. The number of hydrogen-bond donors (Lipinski definition) is 2. The Kier molecular flexibility index (Phi) is 7.62. The third-order valence-corrected chi connectivity index (χ3v) is 6.82. The van der Waals surface area contributed by atoms with Crippen molar-refractivity contribution in [3.8, 4) is 11.4 Å². The van der Waals surface area contributed by atoms with Crippen molar-refractivity contribution < 1.29 is 13.9 Å². The summed E-state index contributed by atoms with van der Waals surface area (Å²) in [7, 11) is 0. The minimum absolute atomic E-state index is 0.221. The lowest BCUT2D eigenvalue weighted by atomic mass is 10.0. The number of anilines is 2. The monoisotopic (exact) mass is 504 g/mol. The van der Waals surface area contributed by atoms with Gasteiger partial charge in [0.1, 0.15) is 11.6 Å². The Morgan fingerprint density at radius 2 is 1.89 bits per heavy atom. The van der Waals surface area contributed by atoms with Gasteiger partial charge in [0.15, 0.2) is 5.82 Å². The fourth-order valence-electron chi connectivity index (χ4n) is 4.89. The van der Waals surface area contributed by atoms with Crippen LogP contribution >= 0.6 is 0 Å². The van der Waals surface area contributed by atoms with Crippen LogP contribution in [0.1, 0.15) is 30.7 Å². The van der Waals surface area contributed by atoms with E-state index in [2.05, 4.69) is 27.4 Å². The molecule has 1 aromatic heterocycles. The van der Waals surface area contributed by atoms with E-state index < -0.39 is 0 Å². The van der Waals surface area contributed by atoms with E-state index in [1.165, 1.54) is 17.7 Å². The Bertz CT molecular complexity index is 1230. The van der Waals surface area contributed by atoms with Crippen LogP contribution in [0.3, 0.4) is 0 Å². The van der Waals surface area contributed by atoms with Gasteiger partial charge in [0.2, 0.25) is 0 Å². The first-order valence-corrected chi connectivity index (χ1v) is 12.9. The summed E-state index contributed by atoms with van der Waals surface area (Å²) in [6.07, 6.45) is 0.853. The van der Waals surface area contributed by atoms with Crippen LogP contribution < -0.4 is 15.5 Å². The van der Waals surface area contributed by atoms with E-state index in [0.717, 1.165) is 48.7 Å². The second-order valence-corrected chi connectivity index (χ2v) is 9.56. The molecular formula is C28H33FN6O2. The van der Waals surface area contributed by atoms with Gasteiger partial charge < -0.3 is 20.3 Å². The number of benzene rings is 2. The predicted octanol–water partition coefficient (Wildman–Crippen LogP) is 4.21. The molecule has 1 atom stereocenters. The standard InChI is InChI=1S/C28H33FN6O2/c1-3-30-28(36)31-23-10-6-21(7-11-23)26-32-25-17-34(16-20-4-8-22(29)9-5-20)13-12-24(25)27(33-26)35-14-15-37-18-19(35)2/h4-11,19H,3,12-18H2,1-2H3,(H2,30,31,36)/t19-/m0/s1. The van der Waals surface area contributed by atoms with E-state index in [1.54, 1.807) is 0 Å². The van der Waals surface area contributed by atoms with Crippen LogP contribution in [-0.4, -0.2) is 59.8 Å². The summed E-state index contributed by atoms with van der Waals surface area (Å²) < 4.78 is 19.1. The number of carbonyl (C=O) groups excluding carboxylic acids is 1. The number of hydrogen-bond acceptors (Lipinski definition) is 6. The van der Waals surface area contributed by atoms with E-state index >= 15 is 0 Å². The quantitative estimate of drug-likeness (QED) is 0.524. The second kappa shape index (κ2) is 11.2. The molecule has 0 aliphatic carbocycles. The van der Waals surface area contributed by atoms with Crippen molar-refractivity contribution >= 4 is 17.5 Å². The Hall–Kier alpha value is -3.56. The topological polar surface area (TPSA) is 82.6 Å². The van der Waals surface area contributed by atoms with Crippen LogP contribution in [0, 0.1) is 5.82 Å². The number of carbonyl (C=O) groups is 1. The zero-order valence-electron chi connectivity index (χ0n) is 21.3. The van der Waals surface area contributed by atoms with Gasteiger partial charge in [-0.15, -0.1) is 0 Å². The molecule has 2 aliphatic rings. The van der Waals surface area contributed by atoms with Crippen molar-refractivity contribution in [1.82, 2.24) is 20.2 Å². The normalized spacial score (nSPS) is 17.8. The van der Waals surface area contributed by atoms with E-state index in [4.69, 9.17) is 14.7 Å². The van der Waals surface area contributed by atoms with Gasteiger partial charge in [-0.2, -0.15) is 0 Å². The molecular weight excluding hydrogens is 471 g/mol. The number of fused-ring (bicyclic) bond motifs is 1. The molecule has 2 N–H and O–H groups in total. The molecule has 37 heavy (non-hydrogen) atoms. The maximum atomic E-state index is 13.4. The van der Waals surface area contributed by atoms with Gasteiger partial charge in [-0.05, 0) is 62.2 Å².